The SMILES string of the molecule is CC(C)C[C@H](NC(=O)[C@@H](N)CO)B(O)O. The highest BCUT2D eigenvalue weighted by molar-refractivity contribution is 6.43. The third-order valence-corrected chi connectivity index (χ3v) is 1.95. The Labute approximate surface area is 89.6 Å². The van der Waals surface area contributed by atoms with Crippen molar-refractivity contribution in [3.05, 3.63) is 0 Å². The van der Waals surface area contributed by atoms with Gasteiger partial charge in [0.1, 0.15) is 6.04 Å². The summed E-state index contributed by atoms with van der Waals surface area (Å²) in [7, 11) is -1.62. The smallest absolute Gasteiger partial charge is 0.426 e. The molecule has 0 radical (unpaired) electrons. The van der Waals surface area contributed by atoms with E-state index in [1.54, 1.807) is 0 Å². The van der Waals surface area contributed by atoms with Gasteiger partial charge in [0.15, 0.2) is 0 Å². The molecular formula is C8H19BN2O4. The summed E-state index contributed by atoms with van der Waals surface area (Å²) in [5.41, 5.74) is 5.27. The van der Waals surface area contributed by atoms with Crippen molar-refractivity contribution in [1.82, 2.24) is 5.32 Å². The van der Waals surface area contributed by atoms with Gasteiger partial charge in [-0.1, -0.05) is 13.8 Å². The van der Waals surface area contributed by atoms with Gasteiger partial charge in [-0.2, -0.15) is 0 Å². The molecule has 0 aromatic rings. The van der Waals surface area contributed by atoms with Crippen molar-refractivity contribution < 1.29 is 19.9 Å². The van der Waals surface area contributed by atoms with E-state index >= 15 is 0 Å². The number of carbonyl (C=O) groups excluding carboxylic acids is 1. The summed E-state index contributed by atoms with van der Waals surface area (Å²) in [5, 5.41) is 29.0. The molecule has 6 N–H and O–H groups in total. The van der Waals surface area contributed by atoms with Crippen LogP contribution in [0, 0.1) is 5.92 Å². The van der Waals surface area contributed by atoms with Crippen molar-refractivity contribution in [1.29, 1.82) is 0 Å². The second-order valence-electron chi connectivity index (χ2n) is 3.95. The first-order valence-corrected chi connectivity index (χ1v) is 4.91. The number of hydrogen-bond donors (Lipinski definition) is 5. The topological polar surface area (TPSA) is 116 Å². The number of amides is 1. The molecule has 0 aliphatic heterocycles. The van der Waals surface area contributed by atoms with Crippen LogP contribution in [0.3, 0.4) is 0 Å². The van der Waals surface area contributed by atoms with Crippen LogP contribution in [0.4, 0.5) is 0 Å². The van der Waals surface area contributed by atoms with Crippen molar-refractivity contribution in [2.75, 3.05) is 6.61 Å². The maximum atomic E-state index is 11.3. The lowest BCUT2D eigenvalue weighted by Crippen LogP contribution is -2.53. The summed E-state index contributed by atoms with van der Waals surface area (Å²) in [5.74, 6) is -1.13. The molecule has 0 saturated carbocycles. The summed E-state index contributed by atoms with van der Waals surface area (Å²) < 4.78 is 0. The molecule has 6 nitrogen and oxygen atoms in total. The van der Waals surface area contributed by atoms with Gasteiger partial charge in [-0.05, 0) is 12.3 Å². The maximum absolute atomic E-state index is 11.3. The molecule has 15 heavy (non-hydrogen) atoms. The standard InChI is InChI=1S/C8H19BN2O4/c1-5(2)3-7(9(14)15)11-8(13)6(10)4-12/h5-7,12,14-15H,3-4,10H2,1-2H3,(H,11,13)/t6-,7-/m0/s1. The predicted octanol–water partition coefficient (Wildman–Crippen LogP) is -2.15. The van der Waals surface area contributed by atoms with Crippen LogP contribution in [-0.4, -0.2) is 46.8 Å². The highest BCUT2D eigenvalue weighted by Crippen LogP contribution is 2.05. The van der Waals surface area contributed by atoms with E-state index in [-0.39, 0.29) is 5.92 Å². The highest BCUT2D eigenvalue weighted by Gasteiger charge is 2.27. The monoisotopic (exact) mass is 218 g/mol. The van der Waals surface area contributed by atoms with Crippen LogP contribution in [0.2, 0.25) is 0 Å². The first-order valence-electron chi connectivity index (χ1n) is 4.91. The molecule has 0 fully saturated rings. The van der Waals surface area contributed by atoms with Gasteiger partial charge in [-0.3, -0.25) is 4.79 Å². The Morgan fingerprint density at radius 3 is 2.33 bits per heavy atom. The Bertz CT molecular complexity index is 201. The van der Waals surface area contributed by atoms with E-state index in [2.05, 4.69) is 5.32 Å². The van der Waals surface area contributed by atoms with Gasteiger partial charge in [0.25, 0.3) is 0 Å². The molecule has 0 aromatic carbocycles. The number of rotatable bonds is 6. The normalized spacial score (nSPS) is 14.9. The third-order valence-electron chi connectivity index (χ3n) is 1.95. The van der Waals surface area contributed by atoms with Crippen molar-refractivity contribution >= 4 is 13.0 Å². The molecule has 0 bridgehead atoms. The minimum absolute atomic E-state index is 0.211. The zero-order valence-electron chi connectivity index (χ0n) is 9.05. The molecule has 0 unspecified atom stereocenters. The lowest BCUT2D eigenvalue weighted by molar-refractivity contribution is -0.123. The average Bonchev–Trinajstić information content (AvgIpc) is 2.14. The molecule has 0 heterocycles. The largest absolute Gasteiger partial charge is 0.475 e. The summed E-state index contributed by atoms with van der Waals surface area (Å²) in [6.45, 7) is 3.32. The lowest BCUT2D eigenvalue weighted by atomic mass is 9.75. The third kappa shape index (κ3) is 5.73. The van der Waals surface area contributed by atoms with Crippen LogP contribution in [0.1, 0.15) is 20.3 Å². The van der Waals surface area contributed by atoms with Crippen molar-refractivity contribution in [2.45, 2.75) is 32.3 Å². The van der Waals surface area contributed by atoms with Gasteiger partial charge in [0.05, 0.1) is 12.5 Å². The van der Waals surface area contributed by atoms with Crippen molar-refractivity contribution in [3.8, 4) is 0 Å². The van der Waals surface area contributed by atoms with E-state index in [0.29, 0.717) is 6.42 Å². The fourth-order valence-corrected chi connectivity index (χ4v) is 1.14. The Balaban J connectivity index is 4.22. The van der Waals surface area contributed by atoms with E-state index in [1.807, 2.05) is 13.8 Å². The van der Waals surface area contributed by atoms with Crippen LogP contribution in [0.25, 0.3) is 0 Å². The molecule has 2 atom stereocenters. The number of carbonyl (C=O) groups is 1. The second kappa shape index (κ2) is 6.78. The van der Waals surface area contributed by atoms with Gasteiger partial charge in [0.2, 0.25) is 5.91 Å². The van der Waals surface area contributed by atoms with E-state index in [9.17, 15) is 4.79 Å². The van der Waals surface area contributed by atoms with E-state index < -0.39 is 31.6 Å². The van der Waals surface area contributed by atoms with E-state index in [4.69, 9.17) is 20.9 Å². The fourth-order valence-electron chi connectivity index (χ4n) is 1.14. The molecule has 0 aliphatic rings. The number of hydrogen-bond acceptors (Lipinski definition) is 5. The van der Waals surface area contributed by atoms with Crippen LogP contribution in [0.15, 0.2) is 0 Å². The van der Waals surface area contributed by atoms with E-state index in [0.717, 1.165) is 0 Å². The zero-order chi connectivity index (χ0) is 12.0. The summed E-state index contributed by atoms with van der Waals surface area (Å²) in [4.78, 5) is 11.3. The quantitative estimate of drug-likeness (QED) is 0.326. The average molecular weight is 218 g/mol. The first kappa shape index (κ1) is 14.4. The van der Waals surface area contributed by atoms with Crippen LogP contribution >= 0.6 is 0 Å². The predicted molar refractivity (Wildman–Crippen MR) is 56.6 cm³/mol. The van der Waals surface area contributed by atoms with Crippen LogP contribution in [-0.2, 0) is 4.79 Å². The molecule has 0 rings (SSSR count). The van der Waals surface area contributed by atoms with Gasteiger partial charge >= 0.3 is 7.12 Å². The number of aliphatic hydroxyl groups is 1. The summed E-state index contributed by atoms with van der Waals surface area (Å²) in [6.07, 6.45) is 0.432. The molecule has 0 spiro atoms. The minimum atomic E-state index is -1.62. The Morgan fingerprint density at radius 1 is 1.47 bits per heavy atom. The van der Waals surface area contributed by atoms with E-state index in [1.165, 1.54) is 0 Å². The Morgan fingerprint density at radius 2 is 2.00 bits per heavy atom. The zero-order valence-corrected chi connectivity index (χ0v) is 9.05. The van der Waals surface area contributed by atoms with Crippen molar-refractivity contribution in [2.24, 2.45) is 11.7 Å². The first-order chi connectivity index (χ1) is 6.88. The Kier molecular flexibility index (Phi) is 6.50. The molecule has 0 saturated heterocycles. The second-order valence-corrected chi connectivity index (χ2v) is 3.95. The van der Waals surface area contributed by atoms with Crippen LogP contribution < -0.4 is 11.1 Å². The van der Waals surface area contributed by atoms with Crippen LogP contribution in [0.5, 0.6) is 0 Å². The molecule has 0 aromatic heterocycles. The highest BCUT2D eigenvalue weighted by atomic mass is 16.4. The molecule has 1 amide bonds. The molecule has 7 heteroatoms. The molecule has 0 aliphatic carbocycles. The molecular weight excluding hydrogens is 199 g/mol. The lowest BCUT2D eigenvalue weighted by Gasteiger charge is -2.21. The van der Waals surface area contributed by atoms with Gasteiger partial charge in [-0.15, -0.1) is 0 Å². The van der Waals surface area contributed by atoms with Gasteiger partial charge in [0, 0.05) is 0 Å². The maximum Gasteiger partial charge on any atom is 0.475 e. The molecule has 88 valence electrons. The Hall–Kier alpha value is -0.625. The minimum Gasteiger partial charge on any atom is -0.426 e. The van der Waals surface area contributed by atoms with Crippen molar-refractivity contribution in [3.63, 3.8) is 0 Å². The van der Waals surface area contributed by atoms with Gasteiger partial charge < -0.3 is 26.2 Å². The van der Waals surface area contributed by atoms with Gasteiger partial charge in [-0.25, -0.2) is 0 Å². The fraction of sp³-hybridized carbons (Fsp3) is 0.875. The summed E-state index contributed by atoms with van der Waals surface area (Å²) >= 11 is 0. The summed E-state index contributed by atoms with van der Waals surface area (Å²) in [6, 6.07) is -1.03. The number of aliphatic hydroxyl groups excluding tert-OH is 1. The number of nitrogens with two attached hydrogens (primary N) is 1. The number of nitrogens with one attached hydrogen (secondary N) is 1.